The molecule has 1 aromatic heterocycles. The first-order chi connectivity index (χ1) is 9.13. The Kier molecular flexibility index (Phi) is 4.20. The van der Waals surface area contributed by atoms with Crippen molar-refractivity contribution >= 4 is 29.2 Å². The largest absolute Gasteiger partial charge is 0.465 e. The Morgan fingerprint density at radius 1 is 1.53 bits per heavy atom. The van der Waals surface area contributed by atoms with Gasteiger partial charge in [0.05, 0.1) is 17.6 Å². The minimum atomic E-state index is -0.628. The van der Waals surface area contributed by atoms with E-state index >= 15 is 0 Å². The van der Waals surface area contributed by atoms with Crippen LogP contribution in [-0.2, 0) is 4.74 Å². The van der Waals surface area contributed by atoms with E-state index in [0.29, 0.717) is 5.82 Å². The average molecular weight is 283 g/mol. The summed E-state index contributed by atoms with van der Waals surface area (Å²) in [5.74, 6) is 1.52. The van der Waals surface area contributed by atoms with Crippen LogP contribution in [0.2, 0.25) is 0 Å². The number of thioether (sulfide) groups is 1. The highest BCUT2D eigenvalue weighted by Gasteiger charge is 2.24. The molecule has 1 aliphatic heterocycles. The number of anilines is 1. The monoisotopic (exact) mass is 283 g/mol. The predicted octanol–water partition coefficient (Wildman–Crippen LogP) is 1.33. The molecule has 0 aliphatic carbocycles. The van der Waals surface area contributed by atoms with E-state index in [2.05, 4.69) is 9.72 Å². The Bertz CT molecular complexity index is 503. The standard InChI is InChI=1S/C11H13N3O4S/c1-18-11(15)8-6-9(14(16)17)10(12-7-8)13-2-4-19-5-3-13/h6-7H,2-5H2,1H3. The maximum Gasteiger partial charge on any atom is 0.339 e. The van der Waals surface area contributed by atoms with E-state index in [-0.39, 0.29) is 11.3 Å². The fourth-order valence-corrected chi connectivity index (χ4v) is 2.73. The fourth-order valence-electron chi connectivity index (χ4n) is 1.83. The Hall–Kier alpha value is -1.83. The van der Waals surface area contributed by atoms with Gasteiger partial charge in [0.2, 0.25) is 5.82 Å². The van der Waals surface area contributed by atoms with Crippen LogP contribution in [0.15, 0.2) is 12.3 Å². The summed E-state index contributed by atoms with van der Waals surface area (Å²) in [5, 5.41) is 11.1. The normalized spacial score (nSPS) is 15.1. The van der Waals surface area contributed by atoms with Crippen molar-refractivity contribution in [2.45, 2.75) is 0 Å². The molecule has 8 heteroatoms. The number of hydrogen-bond acceptors (Lipinski definition) is 7. The lowest BCUT2D eigenvalue weighted by Gasteiger charge is -2.26. The van der Waals surface area contributed by atoms with Crippen LogP contribution >= 0.6 is 11.8 Å². The molecule has 1 aromatic rings. The Morgan fingerprint density at radius 3 is 2.79 bits per heavy atom. The number of aromatic nitrogens is 1. The molecule has 102 valence electrons. The molecule has 0 N–H and O–H groups in total. The van der Waals surface area contributed by atoms with Crippen LogP contribution in [0, 0.1) is 10.1 Å². The molecule has 1 saturated heterocycles. The smallest absolute Gasteiger partial charge is 0.339 e. The number of carbonyl (C=O) groups is 1. The van der Waals surface area contributed by atoms with Gasteiger partial charge in [0.25, 0.3) is 0 Å². The molecule has 1 fully saturated rings. The molecule has 0 spiro atoms. The Morgan fingerprint density at radius 2 is 2.21 bits per heavy atom. The maximum absolute atomic E-state index is 11.4. The summed E-state index contributed by atoms with van der Waals surface area (Å²) in [6.45, 7) is 1.44. The second-order valence-electron chi connectivity index (χ2n) is 3.91. The van der Waals surface area contributed by atoms with Crippen molar-refractivity contribution in [2.75, 3.05) is 36.6 Å². The summed E-state index contributed by atoms with van der Waals surface area (Å²) in [4.78, 5) is 27.9. The molecule has 2 rings (SSSR count). The van der Waals surface area contributed by atoms with Crippen LogP contribution in [-0.4, -0.2) is 47.6 Å². The highest BCUT2D eigenvalue weighted by Crippen LogP contribution is 2.28. The molecule has 7 nitrogen and oxygen atoms in total. The lowest BCUT2D eigenvalue weighted by Crippen LogP contribution is -2.33. The lowest BCUT2D eigenvalue weighted by molar-refractivity contribution is -0.384. The number of esters is 1. The Labute approximate surface area is 114 Å². The summed E-state index contributed by atoms with van der Waals surface area (Å²) in [5.41, 5.74) is -0.0702. The molecule has 2 heterocycles. The van der Waals surface area contributed by atoms with E-state index in [0.717, 1.165) is 24.6 Å². The highest BCUT2D eigenvalue weighted by molar-refractivity contribution is 7.99. The Balaban J connectivity index is 2.37. The minimum absolute atomic E-state index is 0.0873. The van der Waals surface area contributed by atoms with Gasteiger partial charge in [-0.15, -0.1) is 0 Å². The number of nitro groups is 1. The topological polar surface area (TPSA) is 85.6 Å². The molecule has 1 aliphatic rings. The van der Waals surface area contributed by atoms with Gasteiger partial charge in [-0.2, -0.15) is 11.8 Å². The number of hydrogen-bond donors (Lipinski definition) is 0. The van der Waals surface area contributed by atoms with Crippen molar-refractivity contribution in [2.24, 2.45) is 0 Å². The van der Waals surface area contributed by atoms with Crippen molar-refractivity contribution < 1.29 is 14.5 Å². The zero-order valence-corrected chi connectivity index (χ0v) is 11.2. The summed E-state index contributed by atoms with van der Waals surface area (Å²) in [6, 6.07) is 1.22. The third-order valence-electron chi connectivity index (χ3n) is 2.78. The van der Waals surface area contributed by atoms with Crippen LogP contribution < -0.4 is 4.90 Å². The number of nitrogens with zero attached hydrogens (tertiary/aromatic N) is 3. The first-order valence-corrected chi connectivity index (χ1v) is 6.84. The molecule has 0 amide bonds. The number of rotatable bonds is 3. The molecule has 0 unspecified atom stereocenters. The van der Waals surface area contributed by atoms with E-state index in [1.807, 2.05) is 4.90 Å². The van der Waals surface area contributed by atoms with Crippen LogP contribution in [0.1, 0.15) is 10.4 Å². The van der Waals surface area contributed by atoms with E-state index < -0.39 is 10.9 Å². The SMILES string of the molecule is COC(=O)c1cnc(N2CCSCC2)c([N+](=O)[O-])c1. The predicted molar refractivity (Wildman–Crippen MR) is 71.8 cm³/mol. The van der Waals surface area contributed by atoms with Gasteiger partial charge in [-0.1, -0.05) is 0 Å². The van der Waals surface area contributed by atoms with Crippen LogP contribution in [0.3, 0.4) is 0 Å². The highest BCUT2D eigenvalue weighted by atomic mass is 32.2. The van der Waals surface area contributed by atoms with Gasteiger partial charge in [0.1, 0.15) is 0 Å². The van der Waals surface area contributed by atoms with Gasteiger partial charge in [0, 0.05) is 36.9 Å². The summed E-state index contributed by atoms with van der Waals surface area (Å²) in [7, 11) is 1.23. The number of methoxy groups -OCH3 is 1. The van der Waals surface area contributed by atoms with E-state index in [4.69, 9.17) is 0 Å². The third kappa shape index (κ3) is 2.95. The van der Waals surface area contributed by atoms with Crippen LogP contribution in [0.25, 0.3) is 0 Å². The molecule has 0 saturated carbocycles. The number of carbonyl (C=O) groups excluding carboxylic acids is 1. The third-order valence-corrected chi connectivity index (χ3v) is 3.72. The van der Waals surface area contributed by atoms with Crippen molar-refractivity contribution in [1.29, 1.82) is 0 Å². The van der Waals surface area contributed by atoms with Crippen LogP contribution in [0.5, 0.6) is 0 Å². The quantitative estimate of drug-likeness (QED) is 0.470. The number of ether oxygens (including phenoxy) is 1. The summed E-state index contributed by atoms with van der Waals surface area (Å²) >= 11 is 1.81. The van der Waals surface area contributed by atoms with Crippen molar-refractivity contribution in [1.82, 2.24) is 4.98 Å². The van der Waals surface area contributed by atoms with Gasteiger partial charge >= 0.3 is 11.7 Å². The van der Waals surface area contributed by atoms with Crippen molar-refractivity contribution in [3.05, 3.63) is 27.9 Å². The van der Waals surface area contributed by atoms with Gasteiger partial charge in [-0.3, -0.25) is 10.1 Å². The first-order valence-electron chi connectivity index (χ1n) is 5.69. The molecular formula is C11H13N3O4S. The lowest BCUT2D eigenvalue weighted by atomic mass is 10.2. The fraction of sp³-hybridized carbons (Fsp3) is 0.455. The summed E-state index contributed by atoms with van der Waals surface area (Å²) in [6.07, 6.45) is 1.32. The van der Waals surface area contributed by atoms with Gasteiger partial charge < -0.3 is 9.64 Å². The van der Waals surface area contributed by atoms with Gasteiger partial charge in [-0.05, 0) is 0 Å². The van der Waals surface area contributed by atoms with E-state index in [1.54, 1.807) is 11.8 Å². The van der Waals surface area contributed by atoms with Gasteiger partial charge in [-0.25, -0.2) is 9.78 Å². The molecule has 0 radical (unpaired) electrons. The molecule has 19 heavy (non-hydrogen) atoms. The molecule has 0 atom stereocenters. The van der Waals surface area contributed by atoms with E-state index in [1.165, 1.54) is 19.4 Å². The maximum atomic E-state index is 11.4. The van der Waals surface area contributed by atoms with Crippen molar-refractivity contribution in [3.8, 4) is 0 Å². The number of pyridine rings is 1. The minimum Gasteiger partial charge on any atom is -0.465 e. The zero-order chi connectivity index (χ0) is 13.8. The summed E-state index contributed by atoms with van der Waals surface area (Å²) < 4.78 is 4.54. The average Bonchev–Trinajstić information content (AvgIpc) is 2.46. The first kappa shape index (κ1) is 13.6. The van der Waals surface area contributed by atoms with Gasteiger partial charge in [0.15, 0.2) is 0 Å². The van der Waals surface area contributed by atoms with Crippen LogP contribution in [0.4, 0.5) is 11.5 Å². The van der Waals surface area contributed by atoms with E-state index in [9.17, 15) is 14.9 Å². The molecule has 0 aromatic carbocycles. The zero-order valence-electron chi connectivity index (χ0n) is 10.4. The second-order valence-corrected chi connectivity index (χ2v) is 5.14. The van der Waals surface area contributed by atoms with Crippen molar-refractivity contribution in [3.63, 3.8) is 0 Å². The second kappa shape index (κ2) is 5.87. The molecule has 0 bridgehead atoms. The molecular weight excluding hydrogens is 270 g/mol.